The summed E-state index contributed by atoms with van der Waals surface area (Å²) in [7, 11) is -1.25. The van der Waals surface area contributed by atoms with Crippen LogP contribution in [0, 0.1) is 11.8 Å². The van der Waals surface area contributed by atoms with Crippen molar-refractivity contribution in [2.75, 3.05) is 39.0 Å². The number of hydrogen-bond donors (Lipinski definition) is 0. The maximum atomic E-state index is 12.9. The summed E-state index contributed by atoms with van der Waals surface area (Å²) in [4.78, 5) is 21.4. The van der Waals surface area contributed by atoms with Gasteiger partial charge >= 0.3 is 0 Å². The number of fused-ring (bicyclic) bond motifs is 2. The predicted molar refractivity (Wildman–Crippen MR) is 102 cm³/mol. The Morgan fingerprint density at radius 2 is 2.00 bits per heavy atom. The average molecular weight is 393 g/mol. The van der Waals surface area contributed by atoms with E-state index in [9.17, 15) is 13.2 Å². The summed E-state index contributed by atoms with van der Waals surface area (Å²) in [6.07, 6.45) is 5.12. The van der Waals surface area contributed by atoms with Crippen LogP contribution in [0.5, 0.6) is 0 Å². The maximum Gasteiger partial charge on any atom is 0.227 e. The van der Waals surface area contributed by atoms with Gasteiger partial charge in [0.05, 0.1) is 11.7 Å². The second kappa shape index (κ2) is 6.83. The van der Waals surface area contributed by atoms with Crippen LogP contribution in [-0.2, 0) is 21.4 Å². The summed E-state index contributed by atoms with van der Waals surface area (Å²) < 4.78 is 26.0. The Bertz CT molecular complexity index is 806. The molecule has 27 heavy (non-hydrogen) atoms. The molecule has 1 aromatic heterocycles. The molecule has 2 atom stereocenters. The van der Waals surface area contributed by atoms with Crippen LogP contribution < -0.4 is 0 Å². The van der Waals surface area contributed by atoms with E-state index >= 15 is 0 Å². The van der Waals surface area contributed by atoms with Gasteiger partial charge in [0.1, 0.15) is 0 Å². The molecule has 3 aliphatic rings. The van der Waals surface area contributed by atoms with Crippen LogP contribution in [0.2, 0.25) is 0 Å². The van der Waals surface area contributed by atoms with Crippen molar-refractivity contribution in [1.29, 1.82) is 0 Å². The lowest BCUT2D eigenvalue weighted by Gasteiger charge is -2.46. The Balaban J connectivity index is 1.50. The van der Waals surface area contributed by atoms with Crippen molar-refractivity contribution < 1.29 is 13.2 Å². The molecule has 1 amide bonds. The number of sulfonamides is 1. The molecule has 1 aromatic rings. The zero-order chi connectivity index (χ0) is 19.2. The van der Waals surface area contributed by atoms with E-state index in [0.717, 1.165) is 38.0 Å². The molecular weight excluding hydrogens is 364 g/mol. The molecular formula is C19H28N4O3S. The molecule has 0 bridgehead atoms. The van der Waals surface area contributed by atoms with E-state index in [-0.39, 0.29) is 29.0 Å². The topological polar surface area (TPSA) is 73.8 Å². The molecule has 0 radical (unpaired) electrons. The van der Waals surface area contributed by atoms with Crippen molar-refractivity contribution in [3.8, 4) is 0 Å². The largest absolute Gasteiger partial charge is 0.339 e. The van der Waals surface area contributed by atoms with Gasteiger partial charge in [0.25, 0.3) is 0 Å². The molecule has 0 N–H and O–H groups in total. The Kier molecular flexibility index (Phi) is 4.76. The van der Waals surface area contributed by atoms with Gasteiger partial charge in [0, 0.05) is 63.6 Å². The van der Waals surface area contributed by atoms with Gasteiger partial charge in [-0.05, 0) is 31.4 Å². The first kappa shape index (κ1) is 18.8. The number of aromatic nitrogens is 1. The van der Waals surface area contributed by atoms with E-state index in [2.05, 4.69) is 16.0 Å². The van der Waals surface area contributed by atoms with Crippen molar-refractivity contribution in [3.05, 3.63) is 30.1 Å². The molecule has 3 saturated heterocycles. The van der Waals surface area contributed by atoms with Gasteiger partial charge in [0.2, 0.25) is 15.9 Å². The predicted octanol–water partition coefficient (Wildman–Crippen LogP) is 0.786. The molecule has 148 valence electrons. The van der Waals surface area contributed by atoms with E-state index in [1.54, 1.807) is 17.4 Å². The summed E-state index contributed by atoms with van der Waals surface area (Å²) in [5, 5.41) is 0. The Morgan fingerprint density at radius 1 is 1.26 bits per heavy atom. The second-order valence-electron chi connectivity index (χ2n) is 8.07. The van der Waals surface area contributed by atoms with Gasteiger partial charge < -0.3 is 4.90 Å². The fraction of sp³-hybridized carbons (Fsp3) is 0.684. The first-order chi connectivity index (χ1) is 12.9. The lowest BCUT2D eigenvalue weighted by Crippen LogP contribution is -2.56. The van der Waals surface area contributed by atoms with Crippen LogP contribution >= 0.6 is 0 Å². The minimum atomic E-state index is -3.16. The lowest BCUT2D eigenvalue weighted by atomic mass is 9.75. The summed E-state index contributed by atoms with van der Waals surface area (Å²) in [5.74, 6) is 0.666. The van der Waals surface area contributed by atoms with Gasteiger partial charge in [-0.3, -0.25) is 14.7 Å². The number of amides is 1. The third-order valence-corrected chi connectivity index (χ3v) is 8.76. The molecule has 0 unspecified atom stereocenters. The summed E-state index contributed by atoms with van der Waals surface area (Å²) in [5.41, 5.74) is 0.960. The highest BCUT2D eigenvalue weighted by Crippen LogP contribution is 2.49. The zero-order valence-corrected chi connectivity index (χ0v) is 16.9. The standard InChI is InChI=1S/C19H28N4O3S/c1-3-27(25,26)23-9-6-19(7-10-23)17-14-22(12-15-5-4-8-20-11-15)13-16(17)18(24)21(19)2/h4-5,8,11,16-17H,3,6-7,9-10,12-14H2,1-2H3/t16-,17+/m1/s1. The first-order valence-electron chi connectivity index (χ1n) is 9.74. The summed E-state index contributed by atoms with van der Waals surface area (Å²) in [6.45, 7) is 5.19. The highest BCUT2D eigenvalue weighted by molar-refractivity contribution is 7.89. The number of carbonyl (C=O) groups excluding carboxylic acids is 1. The van der Waals surface area contributed by atoms with Crippen molar-refractivity contribution in [3.63, 3.8) is 0 Å². The maximum absolute atomic E-state index is 12.9. The summed E-state index contributed by atoms with van der Waals surface area (Å²) in [6, 6.07) is 4.01. The van der Waals surface area contributed by atoms with Crippen molar-refractivity contribution in [2.24, 2.45) is 11.8 Å². The van der Waals surface area contributed by atoms with Crippen LogP contribution in [0.1, 0.15) is 25.3 Å². The van der Waals surface area contributed by atoms with E-state index in [0.29, 0.717) is 13.1 Å². The fourth-order valence-corrected chi connectivity index (χ4v) is 6.42. The van der Waals surface area contributed by atoms with Gasteiger partial charge in [-0.25, -0.2) is 12.7 Å². The Labute approximate surface area is 161 Å². The molecule has 7 nitrogen and oxygen atoms in total. The van der Waals surface area contributed by atoms with Crippen LogP contribution in [0.4, 0.5) is 0 Å². The van der Waals surface area contributed by atoms with Gasteiger partial charge in [-0.1, -0.05) is 6.07 Å². The summed E-state index contributed by atoms with van der Waals surface area (Å²) >= 11 is 0. The van der Waals surface area contributed by atoms with Crippen LogP contribution in [0.25, 0.3) is 0 Å². The van der Waals surface area contributed by atoms with Gasteiger partial charge in [-0.2, -0.15) is 0 Å². The quantitative estimate of drug-likeness (QED) is 0.757. The zero-order valence-electron chi connectivity index (χ0n) is 16.0. The number of nitrogens with zero attached hydrogens (tertiary/aromatic N) is 4. The number of carbonyl (C=O) groups is 1. The molecule has 0 saturated carbocycles. The monoisotopic (exact) mass is 392 g/mol. The number of likely N-dealkylation sites (tertiary alicyclic amines) is 2. The molecule has 4 heterocycles. The number of rotatable bonds is 4. The highest BCUT2D eigenvalue weighted by Gasteiger charge is 2.60. The van der Waals surface area contributed by atoms with Crippen LogP contribution in [-0.4, -0.2) is 77.9 Å². The highest BCUT2D eigenvalue weighted by atomic mass is 32.2. The molecule has 0 aromatic carbocycles. The third kappa shape index (κ3) is 3.07. The molecule has 3 fully saturated rings. The average Bonchev–Trinajstić information content (AvgIpc) is 3.18. The number of pyridine rings is 1. The van der Waals surface area contributed by atoms with Crippen molar-refractivity contribution >= 4 is 15.9 Å². The molecule has 4 rings (SSSR count). The molecule has 3 aliphatic heterocycles. The molecule has 0 aliphatic carbocycles. The van der Waals surface area contributed by atoms with E-state index in [1.807, 2.05) is 24.2 Å². The Morgan fingerprint density at radius 3 is 2.63 bits per heavy atom. The van der Waals surface area contributed by atoms with Crippen molar-refractivity contribution in [1.82, 2.24) is 19.1 Å². The second-order valence-corrected chi connectivity index (χ2v) is 10.3. The lowest BCUT2D eigenvalue weighted by molar-refractivity contribution is -0.133. The van der Waals surface area contributed by atoms with E-state index in [1.165, 1.54) is 0 Å². The van der Waals surface area contributed by atoms with Gasteiger partial charge in [0.15, 0.2) is 0 Å². The van der Waals surface area contributed by atoms with E-state index < -0.39 is 10.0 Å². The molecule has 1 spiro atoms. The SMILES string of the molecule is CCS(=O)(=O)N1CCC2(CC1)[C@H]1CN(Cc3cccnc3)C[C@H]1C(=O)N2C. The Hall–Kier alpha value is -1.51. The van der Waals surface area contributed by atoms with Crippen LogP contribution in [0.15, 0.2) is 24.5 Å². The molecule has 8 heteroatoms. The minimum absolute atomic E-state index is 0.0287. The fourth-order valence-electron chi connectivity index (χ4n) is 5.32. The van der Waals surface area contributed by atoms with E-state index in [4.69, 9.17) is 0 Å². The van der Waals surface area contributed by atoms with Crippen LogP contribution in [0.3, 0.4) is 0 Å². The smallest absolute Gasteiger partial charge is 0.227 e. The normalized spacial score (nSPS) is 28.8. The number of piperidine rings is 1. The number of hydrogen-bond acceptors (Lipinski definition) is 5. The van der Waals surface area contributed by atoms with Crippen molar-refractivity contribution in [2.45, 2.75) is 31.8 Å². The third-order valence-electron chi connectivity index (χ3n) is 6.88. The minimum Gasteiger partial charge on any atom is -0.339 e. The first-order valence-corrected chi connectivity index (χ1v) is 11.3. The van der Waals surface area contributed by atoms with Gasteiger partial charge in [-0.15, -0.1) is 0 Å².